The molecule has 0 heterocycles. The van der Waals surface area contributed by atoms with Crippen LogP contribution in [0.3, 0.4) is 0 Å². The number of fused-ring (bicyclic) bond motifs is 4. The Morgan fingerprint density at radius 2 is 0.863 bits per heavy atom. The fourth-order valence-corrected chi connectivity index (χ4v) is 6.58. The van der Waals surface area contributed by atoms with Gasteiger partial charge in [-0.05, 0) is 79.9 Å². The Balaban J connectivity index is 0.000000625. The van der Waals surface area contributed by atoms with Gasteiger partial charge in [0.25, 0.3) is 5.17 Å². The molecule has 5 nitrogen and oxygen atoms in total. The Labute approximate surface area is 301 Å². The van der Waals surface area contributed by atoms with Gasteiger partial charge in [-0.1, -0.05) is 121 Å². The van der Waals surface area contributed by atoms with Crippen LogP contribution in [-0.4, -0.2) is 29.3 Å². The first kappa shape index (κ1) is 32.8. The van der Waals surface area contributed by atoms with E-state index in [4.69, 9.17) is 9.84 Å². The van der Waals surface area contributed by atoms with Crippen molar-refractivity contribution in [2.75, 3.05) is 14.1 Å². The SMILES string of the molecule is CN(C)C(O)=S.N#Cc1ccc(-c2c(Oc3ccc4ccccc4c3-c3ccc(C#N)c4ccccc34)ccc3ccccc23)c2ccccc12. The molecule has 0 amide bonds. The molecule has 6 heteroatoms. The summed E-state index contributed by atoms with van der Waals surface area (Å²) in [7, 11) is 3.37. The van der Waals surface area contributed by atoms with Gasteiger partial charge in [0.2, 0.25) is 0 Å². The molecule has 0 saturated heterocycles. The van der Waals surface area contributed by atoms with Gasteiger partial charge < -0.3 is 14.7 Å². The highest BCUT2D eigenvalue weighted by atomic mass is 32.1. The van der Waals surface area contributed by atoms with E-state index in [1.807, 2.05) is 97.1 Å². The van der Waals surface area contributed by atoms with Crippen molar-refractivity contribution in [1.29, 1.82) is 10.5 Å². The van der Waals surface area contributed by atoms with Crippen molar-refractivity contribution in [3.63, 3.8) is 0 Å². The Morgan fingerprint density at radius 1 is 0.510 bits per heavy atom. The molecule has 8 rings (SSSR count). The number of ether oxygens (including phenoxy) is 1. The largest absolute Gasteiger partial charge is 0.487 e. The molecule has 51 heavy (non-hydrogen) atoms. The summed E-state index contributed by atoms with van der Waals surface area (Å²) >= 11 is 4.30. The molecule has 0 atom stereocenters. The minimum absolute atomic E-state index is 0.0741. The molecule has 0 aliphatic rings. The predicted octanol–water partition coefficient (Wildman–Crippen LogP) is 11.6. The van der Waals surface area contributed by atoms with E-state index in [9.17, 15) is 10.5 Å². The third-order valence-electron chi connectivity index (χ3n) is 9.01. The molecule has 0 spiro atoms. The molecule has 0 bridgehead atoms. The Morgan fingerprint density at radius 3 is 1.24 bits per heavy atom. The van der Waals surface area contributed by atoms with Crippen LogP contribution in [0.15, 0.2) is 146 Å². The summed E-state index contributed by atoms with van der Waals surface area (Å²) < 4.78 is 7.05. The maximum Gasteiger partial charge on any atom is 0.256 e. The van der Waals surface area contributed by atoms with E-state index >= 15 is 0 Å². The first-order valence-electron chi connectivity index (χ1n) is 16.4. The van der Waals surface area contributed by atoms with Gasteiger partial charge in [-0.25, -0.2) is 0 Å². The van der Waals surface area contributed by atoms with Crippen LogP contribution in [0.2, 0.25) is 0 Å². The lowest BCUT2D eigenvalue weighted by Crippen LogP contribution is -2.17. The second-order valence-corrected chi connectivity index (χ2v) is 12.6. The molecule has 0 aliphatic carbocycles. The van der Waals surface area contributed by atoms with E-state index < -0.39 is 0 Å². The highest BCUT2D eigenvalue weighted by molar-refractivity contribution is 7.79. The zero-order valence-corrected chi connectivity index (χ0v) is 28.8. The lowest BCUT2D eigenvalue weighted by atomic mass is 9.90. The van der Waals surface area contributed by atoms with Gasteiger partial charge in [0.15, 0.2) is 0 Å². The normalized spacial score (nSPS) is 10.7. The molecule has 0 aromatic heterocycles. The first-order chi connectivity index (χ1) is 24.9. The quantitative estimate of drug-likeness (QED) is 0.187. The minimum atomic E-state index is -0.0741. The third-order valence-corrected chi connectivity index (χ3v) is 9.38. The number of nitrogens with zero attached hydrogens (tertiary/aromatic N) is 3. The standard InChI is InChI=1S/C42H24N2O.C3H7NOS/c43-25-29-17-21-37(35-15-7-5-11-31(29)35)41-33-13-3-1-9-27(33)19-23-39(41)45-40-24-20-28-10-2-4-14-34(28)42(40)38-22-18-30(26-44)32-12-6-8-16-36(32)38;1-4(2)3(5)6/h1-24H;1-2H3,(H,5,6). The van der Waals surface area contributed by atoms with E-state index in [0.29, 0.717) is 11.1 Å². The fourth-order valence-electron chi connectivity index (χ4n) is 6.58. The van der Waals surface area contributed by atoms with Gasteiger partial charge in [-0.15, -0.1) is 0 Å². The van der Waals surface area contributed by atoms with E-state index in [0.717, 1.165) is 76.8 Å². The van der Waals surface area contributed by atoms with E-state index in [1.165, 1.54) is 4.90 Å². The lowest BCUT2D eigenvalue weighted by molar-refractivity contribution is 0.442. The van der Waals surface area contributed by atoms with E-state index in [1.54, 1.807) is 14.1 Å². The van der Waals surface area contributed by atoms with Crippen molar-refractivity contribution in [3.8, 4) is 45.9 Å². The topological polar surface area (TPSA) is 80.3 Å². The highest BCUT2D eigenvalue weighted by Gasteiger charge is 2.20. The van der Waals surface area contributed by atoms with Gasteiger partial charge in [0.05, 0.1) is 23.3 Å². The monoisotopic (exact) mass is 677 g/mol. The van der Waals surface area contributed by atoms with Crippen molar-refractivity contribution in [2.24, 2.45) is 0 Å². The summed E-state index contributed by atoms with van der Waals surface area (Å²) in [5.74, 6) is 1.44. The number of nitriles is 2. The number of benzene rings is 8. The van der Waals surface area contributed by atoms with Gasteiger partial charge in [0.1, 0.15) is 11.5 Å². The number of aliphatic hydroxyl groups is 1. The molecular weight excluding hydrogens is 647 g/mol. The number of hydrogen-bond acceptors (Lipinski definition) is 4. The smallest absolute Gasteiger partial charge is 0.256 e. The maximum atomic E-state index is 9.86. The van der Waals surface area contributed by atoms with Crippen LogP contribution in [0.25, 0.3) is 65.3 Å². The molecule has 8 aromatic rings. The molecule has 8 aromatic carbocycles. The van der Waals surface area contributed by atoms with Crippen molar-refractivity contribution in [3.05, 3.63) is 157 Å². The fraction of sp³-hybridized carbons (Fsp3) is 0.0444. The number of rotatable bonds is 4. The molecule has 244 valence electrons. The molecule has 0 unspecified atom stereocenters. The van der Waals surface area contributed by atoms with E-state index in [2.05, 4.69) is 72.9 Å². The van der Waals surface area contributed by atoms with Crippen molar-refractivity contribution >= 4 is 60.5 Å². The van der Waals surface area contributed by atoms with Crippen LogP contribution in [0.5, 0.6) is 11.5 Å². The van der Waals surface area contributed by atoms with Crippen LogP contribution in [0.1, 0.15) is 11.1 Å². The van der Waals surface area contributed by atoms with Gasteiger partial charge in [0, 0.05) is 36.0 Å². The number of hydrogen-bond donors (Lipinski definition) is 1. The van der Waals surface area contributed by atoms with Gasteiger partial charge >= 0.3 is 0 Å². The predicted molar refractivity (Wildman–Crippen MR) is 212 cm³/mol. The van der Waals surface area contributed by atoms with Crippen LogP contribution in [0, 0.1) is 22.7 Å². The second kappa shape index (κ2) is 14.0. The summed E-state index contributed by atoms with van der Waals surface area (Å²) in [6.07, 6.45) is 0. The molecule has 0 aliphatic heterocycles. The average molecular weight is 678 g/mol. The summed E-state index contributed by atoms with van der Waals surface area (Å²) in [6, 6.07) is 53.6. The van der Waals surface area contributed by atoms with Crippen LogP contribution < -0.4 is 4.74 Å². The Kier molecular flexibility index (Phi) is 9.01. The van der Waals surface area contributed by atoms with Gasteiger partial charge in [-0.2, -0.15) is 10.5 Å². The second-order valence-electron chi connectivity index (χ2n) is 12.2. The summed E-state index contributed by atoms with van der Waals surface area (Å²) in [4.78, 5) is 1.45. The average Bonchev–Trinajstić information content (AvgIpc) is 3.17. The Hall–Kier alpha value is -6.73. The maximum absolute atomic E-state index is 9.86. The molecule has 0 saturated carbocycles. The van der Waals surface area contributed by atoms with Crippen molar-refractivity contribution < 1.29 is 9.84 Å². The number of aliphatic hydroxyl groups excluding tert-OH is 1. The van der Waals surface area contributed by atoms with E-state index in [-0.39, 0.29) is 5.17 Å². The molecular formula is C45H31N3O2S. The minimum Gasteiger partial charge on any atom is -0.487 e. The molecule has 0 fully saturated rings. The van der Waals surface area contributed by atoms with Crippen LogP contribution >= 0.6 is 12.2 Å². The lowest BCUT2D eigenvalue weighted by Gasteiger charge is -2.20. The van der Waals surface area contributed by atoms with Crippen LogP contribution in [-0.2, 0) is 0 Å². The zero-order valence-electron chi connectivity index (χ0n) is 28.0. The van der Waals surface area contributed by atoms with Crippen molar-refractivity contribution in [1.82, 2.24) is 4.90 Å². The van der Waals surface area contributed by atoms with Crippen molar-refractivity contribution in [2.45, 2.75) is 0 Å². The summed E-state index contributed by atoms with van der Waals surface area (Å²) in [5, 5.41) is 36.1. The first-order valence-corrected chi connectivity index (χ1v) is 16.8. The summed E-state index contributed by atoms with van der Waals surface area (Å²) in [6.45, 7) is 0. The summed E-state index contributed by atoms with van der Waals surface area (Å²) in [5.41, 5.74) is 5.23. The zero-order chi connectivity index (χ0) is 35.5. The highest BCUT2D eigenvalue weighted by Crippen LogP contribution is 2.47. The molecule has 1 N–H and O–H groups in total. The molecule has 0 radical (unpaired) electrons. The number of thiocarbonyl (C=S) groups is 1. The Bertz CT molecular complexity index is 2540. The van der Waals surface area contributed by atoms with Gasteiger partial charge in [-0.3, -0.25) is 0 Å². The van der Waals surface area contributed by atoms with Crippen LogP contribution in [0.4, 0.5) is 0 Å². The third kappa shape index (κ3) is 6.17.